The van der Waals surface area contributed by atoms with Crippen LogP contribution in [0.5, 0.6) is 0 Å². The summed E-state index contributed by atoms with van der Waals surface area (Å²) in [5, 5.41) is 11.0. The molecule has 6 heteroatoms. The lowest BCUT2D eigenvalue weighted by Gasteiger charge is -2.06. The molecule has 0 atom stereocenters. The molecule has 0 bridgehead atoms. The number of amides is 2. The number of carbonyl (C=O) groups is 1. The number of aromatic amines is 1. The topological polar surface area (TPSA) is 74.7 Å². The molecule has 0 aliphatic heterocycles. The molecule has 1 aromatic carbocycles. The Bertz CT molecular complexity index is 767. The second-order valence-electron chi connectivity index (χ2n) is 4.99. The number of hydrogen-bond acceptors (Lipinski definition) is 2. The summed E-state index contributed by atoms with van der Waals surface area (Å²) in [6.45, 7) is 2.38. The minimum Gasteiger partial charge on any atom is -0.361 e. The fourth-order valence-electron chi connectivity index (χ4n) is 2.20. The molecule has 3 aromatic rings. The molecule has 108 valence electrons. The molecule has 0 saturated carbocycles. The van der Waals surface area contributed by atoms with E-state index >= 15 is 0 Å². The van der Waals surface area contributed by atoms with E-state index in [4.69, 9.17) is 0 Å². The van der Waals surface area contributed by atoms with Crippen molar-refractivity contribution in [2.75, 3.05) is 5.32 Å². The highest BCUT2D eigenvalue weighted by Crippen LogP contribution is 2.17. The summed E-state index contributed by atoms with van der Waals surface area (Å²) in [6.07, 6.45) is 1.87. The summed E-state index contributed by atoms with van der Waals surface area (Å²) in [7, 11) is 1.88. The van der Waals surface area contributed by atoms with Crippen LogP contribution in [0.3, 0.4) is 0 Å². The van der Waals surface area contributed by atoms with E-state index in [1.54, 1.807) is 4.68 Å². The summed E-state index contributed by atoms with van der Waals surface area (Å²) in [6, 6.07) is 9.40. The number of anilines is 1. The predicted molar refractivity (Wildman–Crippen MR) is 82.1 cm³/mol. The Balaban J connectivity index is 1.60. The molecular formula is C15H17N5O. The number of nitrogens with zero attached hydrogens (tertiary/aromatic N) is 2. The van der Waals surface area contributed by atoms with Crippen LogP contribution in [-0.2, 0) is 13.6 Å². The Morgan fingerprint density at radius 3 is 2.95 bits per heavy atom. The number of nitrogens with one attached hydrogen (secondary N) is 3. The molecule has 2 heterocycles. The van der Waals surface area contributed by atoms with Gasteiger partial charge in [0, 0.05) is 35.5 Å². The van der Waals surface area contributed by atoms with Crippen LogP contribution in [0.4, 0.5) is 10.5 Å². The largest absolute Gasteiger partial charge is 0.361 e. The first-order valence-corrected chi connectivity index (χ1v) is 6.73. The van der Waals surface area contributed by atoms with Gasteiger partial charge in [0.2, 0.25) is 0 Å². The Labute approximate surface area is 122 Å². The number of aryl methyl sites for hydroxylation is 2. The molecule has 0 saturated heterocycles. The van der Waals surface area contributed by atoms with E-state index in [0.717, 1.165) is 28.0 Å². The normalized spacial score (nSPS) is 10.8. The van der Waals surface area contributed by atoms with Crippen LogP contribution >= 0.6 is 0 Å². The van der Waals surface area contributed by atoms with Crippen molar-refractivity contribution in [2.24, 2.45) is 7.05 Å². The highest BCUT2D eigenvalue weighted by molar-refractivity contribution is 5.92. The number of H-pyrrole nitrogens is 1. The van der Waals surface area contributed by atoms with Crippen molar-refractivity contribution >= 4 is 22.6 Å². The third-order valence-electron chi connectivity index (χ3n) is 3.41. The molecule has 21 heavy (non-hydrogen) atoms. The average Bonchev–Trinajstić information content (AvgIpc) is 3.03. The number of carbonyl (C=O) groups excluding carboxylic acids is 1. The maximum atomic E-state index is 11.9. The quantitative estimate of drug-likeness (QED) is 0.691. The van der Waals surface area contributed by atoms with Gasteiger partial charge in [0.25, 0.3) is 0 Å². The smallest absolute Gasteiger partial charge is 0.319 e. The van der Waals surface area contributed by atoms with Gasteiger partial charge >= 0.3 is 6.03 Å². The van der Waals surface area contributed by atoms with Crippen LogP contribution in [-0.4, -0.2) is 20.8 Å². The fraction of sp³-hybridized carbons (Fsp3) is 0.200. The van der Waals surface area contributed by atoms with Gasteiger partial charge in [-0.3, -0.25) is 4.68 Å². The first-order valence-electron chi connectivity index (χ1n) is 6.73. The van der Waals surface area contributed by atoms with E-state index in [2.05, 4.69) is 20.7 Å². The minimum absolute atomic E-state index is 0.242. The number of urea groups is 1. The summed E-state index contributed by atoms with van der Waals surface area (Å²) >= 11 is 0. The van der Waals surface area contributed by atoms with Crippen molar-refractivity contribution in [2.45, 2.75) is 13.5 Å². The number of hydrogen-bond donors (Lipinski definition) is 3. The van der Waals surface area contributed by atoms with Crippen LogP contribution < -0.4 is 10.6 Å². The van der Waals surface area contributed by atoms with Gasteiger partial charge in [-0.05, 0) is 37.3 Å². The minimum atomic E-state index is -0.242. The molecule has 0 aliphatic carbocycles. The monoisotopic (exact) mass is 283 g/mol. The molecule has 2 aromatic heterocycles. The molecule has 0 unspecified atom stereocenters. The molecule has 0 spiro atoms. The predicted octanol–water partition coefficient (Wildman–Crippen LogP) is 2.53. The SMILES string of the molecule is Cc1cc(CNC(=O)Nc2ccc3[nH]ccc3c2)nn1C. The maximum Gasteiger partial charge on any atom is 0.319 e. The Hall–Kier alpha value is -2.76. The third-order valence-corrected chi connectivity index (χ3v) is 3.41. The summed E-state index contributed by atoms with van der Waals surface area (Å²) < 4.78 is 1.79. The van der Waals surface area contributed by atoms with Crippen LogP contribution in [0.2, 0.25) is 0 Å². The Morgan fingerprint density at radius 1 is 1.33 bits per heavy atom. The maximum absolute atomic E-state index is 11.9. The van der Waals surface area contributed by atoms with E-state index in [-0.39, 0.29) is 6.03 Å². The lowest BCUT2D eigenvalue weighted by molar-refractivity contribution is 0.251. The van der Waals surface area contributed by atoms with Crippen molar-refractivity contribution in [1.29, 1.82) is 0 Å². The van der Waals surface area contributed by atoms with Gasteiger partial charge in [-0.2, -0.15) is 5.10 Å². The van der Waals surface area contributed by atoms with Crippen LogP contribution in [0, 0.1) is 6.92 Å². The van der Waals surface area contributed by atoms with E-state index in [1.165, 1.54) is 0 Å². The lowest BCUT2D eigenvalue weighted by Crippen LogP contribution is -2.28. The van der Waals surface area contributed by atoms with Gasteiger partial charge < -0.3 is 15.6 Å². The molecular weight excluding hydrogens is 266 g/mol. The molecule has 3 rings (SSSR count). The van der Waals surface area contributed by atoms with Crippen molar-refractivity contribution in [3.8, 4) is 0 Å². The van der Waals surface area contributed by atoms with Crippen molar-refractivity contribution in [3.05, 3.63) is 47.9 Å². The molecule has 0 aliphatic rings. The third kappa shape index (κ3) is 2.89. The lowest BCUT2D eigenvalue weighted by atomic mass is 10.2. The van der Waals surface area contributed by atoms with Crippen molar-refractivity contribution in [3.63, 3.8) is 0 Å². The van der Waals surface area contributed by atoms with E-state index in [1.807, 2.05) is 50.5 Å². The highest BCUT2D eigenvalue weighted by Gasteiger charge is 2.05. The fourth-order valence-corrected chi connectivity index (χ4v) is 2.20. The van der Waals surface area contributed by atoms with Gasteiger partial charge in [0.05, 0.1) is 12.2 Å². The van der Waals surface area contributed by atoms with E-state index in [9.17, 15) is 4.79 Å². The van der Waals surface area contributed by atoms with Gasteiger partial charge in [-0.25, -0.2) is 4.79 Å². The standard InChI is InChI=1S/C15H17N5O/c1-10-7-13(19-20(10)2)9-17-15(21)18-12-3-4-14-11(8-12)5-6-16-14/h3-8,16H,9H2,1-2H3,(H2,17,18,21). The molecule has 0 fully saturated rings. The van der Waals surface area contributed by atoms with Gasteiger partial charge in [0.15, 0.2) is 0 Å². The van der Waals surface area contributed by atoms with Crippen molar-refractivity contribution in [1.82, 2.24) is 20.1 Å². The summed E-state index contributed by atoms with van der Waals surface area (Å²) in [4.78, 5) is 15.0. The van der Waals surface area contributed by atoms with Crippen molar-refractivity contribution < 1.29 is 4.79 Å². The summed E-state index contributed by atoms with van der Waals surface area (Å²) in [5.74, 6) is 0. The highest BCUT2D eigenvalue weighted by atomic mass is 16.2. The van der Waals surface area contributed by atoms with Gasteiger partial charge in [0.1, 0.15) is 0 Å². The zero-order valence-corrected chi connectivity index (χ0v) is 12.0. The second kappa shape index (κ2) is 5.32. The zero-order chi connectivity index (χ0) is 14.8. The number of rotatable bonds is 3. The van der Waals surface area contributed by atoms with E-state index in [0.29, 0.717) is 6.54 Å². The van der Waals surface area contributed by atoms with Crippen LogP contribution in [0.1, 0.15) is 11.4 Å². The first-order chi connectivity index (χ1) is 10.1. The molecule has 0 radical (unpaired) electrons. The Morgan fingerprint density at radius 2 is 2.19 bits per heavy atom. The second-order valence-corrected chi connectivity index (χ2v) is 4.99. The first kappa shape index (κ1) is 13.2. The zero-order valence-electron chi connectivity index (χ0n) is 12.0. The summed E-state index contributed by atoms with van der Waals surface area (Å²) in [5.41, 5.74) is 3.71. The van der Waals surface area contributed by atoms with Gasteiger partial charge in [-0.15, -0.1) is 0 Å². The number of aromatic nitrogens is 3. The van der Waals surface area contributed by atoms with Crippen LogP contribution in [0.15, 0.2) is 36.5 Å². The number of benzene rings is 1. The number of fused-ring (bicyclic) bond motifs is 1. The van der Waals surface area contributed by atoms with Crippen LogP contribution in [0.25, 0.3) is 10.9 Å². The van der Waals surface area contributed by atoms with Gasteiger partial charge in [-0.1, -0.05) is 0 Å². The molecule has 3 N–H and O–H groups in total. The molecule has 2 amide bonds. The Kier molecular flexibility index (Phi) is 3.35. The molecule has 6 nitrogen and oxygen atoms in total. The van der Waals surface area contributed by atoms with E-state index < -0.39 is 0 Å². The average molecular weight is 283 g/mol.